The maximum absolute atomic E-state index is 14.6. The van der Waals surface area contributed by atoms with E-state index in [0.717, 1.165) is 12.0 Å². The second-order valence-electron chi connectivity index (χ2n) is 26.0. The van der Waals surface area contributed by atoms with Gasteiger partial charge in [0.2, 0.25) is 0 Å². The number of carbonyl (C=O) groups excluding carboxylic acids is 1. The lowest BCUT2D eigenvalue weighted by Crippen LogP contribution is -2.69. The summed E-state index contributed by atoms with van der Waals surface area (Å²) >= 11 is 0. The van der Waals surface area contributed by atoms with Crippen molar-refractivity contribution in [3.8, 4) is 0 Å². The van der Waals surface area contributed by atoms with Crippen molar-refractivity contribution in [1.29, 1.82) is 0 Å². The number of hydrogen-bond acceptors (Lipinski definition) is 24. The standard InChI is InChI=1S/C54H86O24/c1-22-39(74-45-38(65)41(34(61)27(20-56)72-45)75-44-37(64)40(68-9)33(60)26(19-55)71-44)35(62)36(63)43(70-22)76-42-32(59)25(57)21-69-46(42)73-30-13-15-50(6)24-18-29(58)54-47(66)78-52(8,31-12-14-48(2,3)77-31)53(54,67)17-16-51(54,7)23(24)10-11-28(50)49(30,4)5/h18,22-23,25-46,55-65,67H,10-17,19-21H2,1-9H3/t22-,23-,25-,26-,27-,28+,29+,30+,31+,32+,33-,34-,35-,36-,37-,38-,39-,40+,41+,42-,43+,44+,45+,46+,50-,51+,52+,53+,54-/m1/s1. The van der Waals surface area contributed by atoms with Crippen LogP contribution in [0.2, 0.25) is 0 Å². The minimum atomic E-state index is -1.92. The third-order valence-electron chi connectivity index (χ3n) is 21.1. The number of carbonyl (C=O) groups is 1. The monoisotopic (exact) mass is 1120 g/mol. The van der Waals surface area contributed by atoms with Crippen LogP contribution >= 0.6 is 0 Å². The van der Waals surface area contributed by atoms with Crippen LogP contribution in [0.1, 0.15) is 107 Å². The van der Waals surface area contributed by atoms with Crippen molar-refractivity contribution in [2.45, 2.75) is 259 Å². The number of esters is 1. The molecule has 3 saturated carbocycles. The SMILES string of the molecule is CO[C@@H]1[C@@H](O)[C@H](O[C@@H]2[C@@H](O)[C@H](O[C@H]3[C@H](O)[C@@H](O)[C@H](O[C@H]4[C@H](O[C@H]5CC[C@]6(C)C7=C[C@H](O)[C@]89C(=O)O[C@@](C)([C@@H]%10CCC(C)(C)O%10)[C@@]8(O)CC[C@@]9(C)[C@@H]7CC[C@H]6C5(C)C)OC[C@@H](O)[C@@H]4O)O[C@@H]3C)O[C@H](CO)[C@H]2O)O[C@H](CO)[C@H]1O. The number of methoxy groups -OCH3 is 1. The predicted octanol–water partition coefficient (Wildman–Crippen LogP) is -2.09. The highest BCUT2D eigenvalue weighted by molar-refractivity contribution is 5.86. The largest absolute Gasteiger partial charge is 0.453 e. The lowest BCUT2D eigenvalue weighted by molar-refractivity contribution is -0.389. The van der Waals surface area contributed by atoms with E-state index in [4.69, 9.17) is 52.1 Å². The van der Waals surface area contributed by atoms with Gasteiger partial charge in [0.05, 0.1) is 43.7 Å². The van der Waals surface area contributed by atoms with Crippen LogP contribution in [0.4, 0.5) is 0 Å². The molecule has 6 heterocycles. The molecule has 1 spiro atoms. The van der Waals surface area contributed by atoms with Gasteiger partial charge in [-0.1, -0.05) is 39.3 Å². The number of hydrogen-bond donors (Lipinski definition) is 12. The topological polar surface area (TPSA) is 361 Å². The first-order valence-electron chi connectivity index (χ1n) is 27.9. The summed E-state index contributed by atoms with van der Waals surface area (Å²) in [6.07, 6.45) is -26.0. The molecular formula is C54H86O24. The van der Waals surface area contributed by atoms with Crippen LogP contribution in [0.15, 0.2) is 11.6 Å². The van der Waals surface area contributed by atoms with Gasteiger partial charge in [0.15, 0.2) is 30.8 Å². The third-order valence-corrected chi connectivity index (χ3v) is 21.1. The van der Waals surface area contributed by atoms with Gasteiger partial charge < -0.3 is 113 Å². The first-order valence-corrected chi connectivity index (χ1v) is 27.9. The van der Waals surface area contributed by atoms with Crippen LogP contribution in [0.25, 0.3) is 0 Å². The molecule has 10 aliphatic rings. The van der Waals surface area contributed by atoms with E-state index in [0.29, 0.717) is 38.5 Å². The second kappa shape index (κ2) is 20.8. The number of aliphatic hydroxyl groups excluding tert-OH is 11. The number of allylic oxidation sites excluding steroid dienone is 1. The summed E-state index contributed by atoms with van der Waals surface area (Å²) in [4.78, 5) is 14.6. The van der Waals surface area contributed by atoms with Gasteiger partial charge in [0, 0.05) is 7.11 Å². The number of fused-ring (bicyclic) bond motifs is 4. The molecule has 29 atom stereocenters. The molecule has 0 radical (unpaired) electrons. The summed E-state index contributed by atoms with van der Waals surface area (Å²) in [6.45, 7) is 13.8. The van der Waals surface area contributed by atoms with Gasteiger partial charge in [-0.05, 0) is 107 Å². The minimum absolute atomic E-state index is 0.0338. The zero-order valence-corrected chi connectivity index (χ0v) is 46.0. The van der Waals surface area contributed by atoms with E-state index in [1.165, 1.54) is 14.0 Å². The van der Waals surface area contributed by atoms with Crippen LogP contribution in [-0.4, -0.2) is 246 Å². The molecule has 10 rings (SSSR count). The van der Waals surface area contributed by atoms with E-state index < -0.39 is 193 Å². The Morgan fingerprint density at radius 3 is 1.85 bits per heavy atom. The van der Waals surface area contributed by atoms with Gasteiger partial charge in [0.1, 0.15) is 103 Å². The molecule has 0 bridgehead atoms. The highest BCUT2D eigenvalue weighted by Gasteiger charge is 2.87. The molecule has 4 aliphatic carbocycles. The average Bonchev–Trinajstić information content (AvgIpc) is 2.05. The molecular weight excluding hydrogens is 1030 g/mol. The number of cyclic esters (lactones) is 1. The zero-order chi connectivity index (χ0) is 56.8. The Bertz CT molecular complexity index is 2220. The Morgan fingerprint density at radius 1 is 0.628 bits per heavy atom. The van der Waals surface area contributed by atoms with Crippen LogP contribution in [0, 0.1) is 33.5 Å². The van der Waals surface area contributed by atoms with Crippen LogP contribution < -0.4 is 0 Å². The molecule has 24 heteroatoms. The summed E-state index contributed by atoms with van der Waals surface area (Å²) < 4.78 is 66.1. The highest BCUT2D eigenvalue weighted by atomic mass is 16.8. The Balaban J connectivity index is 0.823. The van der Waals surface area contributed by atoms with Crippen molar-refractivity contribution < 1.29 is 118 Å². The molecule has 0 aromatic carbocycles. The first-order chi connectivity index (χ1) is 36.5. The first kappa shape index (κ1) is 59.5. The van der Waals surface area contributed by atoms with Crippen molar-refractivity contribution in [1.82, 2.24) is 0 Å². The molecule has 78 heavy (non-hydrogen) atoms. The molecule has 6 saturated heterocycles. The summed E-state index contributed by atoms with van der Waals surface area (Å²) in [5, 5.41) is 135. The van der Waals surface area contributed by atoms with Gasteiger partial charge >= 0.3 is 5.97 Å². The van der Waals surface area contributed by atoms with Gasteiger partial charge in [-0.25, -0.2) is 0 Å². The molecule has 12 N–H and O–H groups in total. The molecule has 0 unspecified atom stereocenters. The van der Waals surface area contributed by atoms with Gasteiger partial charge in [-0.3, -0.25) is 4.79 Å². The number of rotatable bonds is 12. The molecule has 0 aromatic rings. The Hall–Kier alpha value is -1.67. The van der Waals surface area contributed by atoms with E-state index >= 15 is 0 Å². The van der Waals surface area contributed by atoms with Gasteiger partial charge in [0.25, 0.3) is 0 Å². The number of ether oxygens (including phenoxy) is 11. The smallest absolute Gasteiger partial charge is 0.319 e. The number of aliphatic hydroxyl groups is 12. The molecule has 24 nitrogen and oxygen atoms in total. The minimum Gasteiger partial charge on any atom is -0.453 e. The highest BCUT2D eigenvalue weighted by Crippen LogP contribution is 2.77. The van der Waals surface area contributed by atoms with Crippen molar-refractivity contribution in [3.63, 3.8) is 0 Å². The molecule has 446 valence electrons. The Morgan fingerprint density at radius 2 is 1.23 bits per heavy atom. The maximum Gasteiger partial charge on any atom is 0.319 e. The summed E-state index contributed by atoms with van der Waals surface area (Å²) in [5.74, 6) is -0.775. The maximum atomic E-state index is 14.6. The molecule has 0 amide bonds. The lowest BCUT2D eigenvalue weighted by atomic mass is 9.40. The summed E-state index contributed by atoms with van der Waals surface area (Å²) in [5.41, 5.74) is -6.01. The lowest BCUT2D eigenvalue weighted by Gasteiger charge is -2.64. The van der Waals surface area contributed by atoms with Crippen molar-refractivity contribution >= 4 is 5.97 Å². The molecule has 0 aromatic heterocycles. The second-order valence-corrected chi connectivity index (χ2v) is 26.0. The van der Waals surface area contributed by atoms with Crippen LogP contribution in [-0.2, 0) is 56.9 Å². The quantitative estimate of drug-likeness (QED) is 0.0566. The van der Waals surface area contributed by atoms with Crippen molar-refractivity contribution in [2.75, 3.05) is 26.9 Å². The van der Waals surface area contributed by atoms with E-state index in [1.807, 2.05) is 26.8 Å². The normalized spacial score (nSPS) is 55.6. The molecule has 9 fully saturated rings. The fourth-order valence-electron chi connectivity index (χ4n) is 16.7. The van der Waals surface area contributed by atoms with Crippen molar-refractivity contribution in [2.24, 2.45) is 33.5 Å². The van der Waals surface area contributed by atoms with E-state index in [9.17, 15) is 66.1 Å². The fourth-order valence-corrected chi connectivity index (χ4v) is 16.7. The van der Waals surface area contributed by atoms with Crippen molar-refractivity contribution in [3.05, 3.63) is 11.6 Å². The van der Waals surface area contributed by atoms with Crippen LogP contribution in [0.3, 0.4) is 0 Å². The van der Waals surface area contributed by atoms with E-state index in [2.05, 4.69) is 20.8 Å². The average molecular weight is 1120 g/mol. The van der Waals surface area contributed by atoms with E-state index in [1.54, 1.807) is 6.92 Å². The zero-order valence-electron chi connectivity index (χ0n) is 46.0. The summed E-state index contributed by atoms with van der Waals surface area (Å²) in [7, 11) is 1.20. The van der Waals surface area contributed by atoms with Crippen LogP contribution in [0.5, 0.6) is 0 Å². The Kier molecular flexibility index (Phi) is 15.9. The predicted molar refractivity (Wildman–Crippen MR) is 263 cm³/mol. The fraction of sp³-hybridized carbons (Fsp3) is 0.944. The van der Waals surface area contributed by atoms with Gasteiger partial charge in [-0.15, -0.1) is 0 Å². The molecule has 6 aliphatic heterocycles. The summed E-state index contributed by atoms with van der Waals surface area (Å²) in [6, 6.07) is 0. The third kappa shape index (κ3) is 8.70. The Labute approximate surface area is 453 Å². The van der Waals surface area contributed by atoms with Gasteiger partial charge in [-0.2, -0.15) is 0 Å². The van der Waals surface area contributed by atoms with E-state index in [-0.39, 0.29) is 24.9 Å².